The molecule has 204 valence electrons. The van der Waals surface area contributed by atoms with E-state index in [1.54, 1.807) is 0 Å². The molecular weight excluding hydrogens is 537 g/mol. The van der Waals surface area contributed by atoms with Gasteiger partial charge in [0.2, 0.25) is 5.12 Å². The molecule has 3 heterocycles. The second kappa shape index (κ2) is 10.0. The SMILES string of the molecule is CC(C)(C)[Si](C)(C)O[C@@H]1[C@H](O[Si](C)(C)C(C)(C)C)[C@@H](C2CC(=O)SS2=O)O[C@H]1n1ccc(=O)[nH]c1=O. The van der Waals surface area contributed by atoms with Crippen molar-refractivity contribution in [2.24, 2.45) is 0 Å². The summed E-state index contributed by atoms with van der Waals surface area (Å²) in [5.41, 5.74) is -1.14. The molecule has 0 spiro atoms. The van der Waals surface area contributed by atoms with E-state index in [0.717, 1.165) is 10.8 Å². The number of carbonyl (C=O) groups is 1. The highest BCUT2D eigenvalue weighted by Crippen LogP contribution is 2.48. The van der Waals surface area contributed by atoms with Gasteiger partial charge in [0.05, 0.1) is 15.1 Å². The van der Waals surface area contributed by atoms with Crippen LogP contribution < -0.4 is 11.2 Å². The van der Waals surface area contributed by atoms with Gasteiger partial charge in [0.1, 0.15) is 18.3 Å². The highest BCUT2D eigenvalue weighted by atomic mass is 33.1. The predicted molar refractivity (Wildman–Crippen MR) is 149 cm³/mol. The fourth-order valence-electron chi connectivity index (χ4n) is 3.75. The molecule has 1 aromatic heterocycles. The third-order valence-corrected chi connectivity index (χ3v) is 20.2. The Bertz CT molecular complexity index is 1140. The highest BCUT2D eigenvalue weighted by Gasteiger charge is 2.58. The molecule has 3 rings (SSSR count). The number of hydrogen-bond acceptors (Lipinski definition) is 8. The third kappa shape index (κ3) is 5.91. The maximum absolute atomic E-state index is 13.0. The molecule has 0 saturated carbocycles. The first-order valence-electron chi connectivity index (χ1n) is 12.2. The second-order valence-corrected chi connectivity index (χ2v) is 25.4. The molecule has 13 heteroatoms. The van der Waals surface area contributed by atoms with Crippen molar-refractivity contribution in [3.8, 4) is 0 Å². The topological polar surface area (TPSA) is 117 Å². The molecule has 2 aliphatic heterocycles. The zero-order valence-electron chi connectivity index (χ0n) is 22.9. The van der Waals surface area contributed by atoms with Crippen LogP contribution in [0.25, 0.3) is 0 Å². The Morgan fingerprint density at radius 3 is 1.97 bits per heavy atom. The lowest BCUT2D eigenvalue weighted by Gasteiger charge is -2.44. The zero-order valence-corrected chi connectivity index (χ0v) is 26.5. The van der Waals surface area contributed by atoms with E-state index in [1.807, 2.05) is 0 Å². The zero-order chi connectivity index (χ0) is 27.4. The molecule has 1 aromatic rings. The lowest BCUT2D eigenvalue weighted by atomic mass is 10.1. The van der Waals surface area contributed by atoms with E-state index in [1.165, 1.54) is 16.8 Å². The molecule has 9 nitrogen and oxygen atoms in total. The van der Waals surface area contributed by atoms with Gasteiger partial charge in [-0.25, -0.2) is 9.00 Å². The standard InChI is InChI=1S/C23H40N2O7S2Si2/c1-22(2,3)35(7,8)31-18-17(14-13-16(27)33-34(14)29)30-20(25-12-11-15(26)24-21(25)28)19(18)32-36(9,10)23(4,5)6/h11-12,14,17-20H,13H2,1-10H3,(H,24,26,28)/t14?,17-,18-,19-,20-,34?/m1/s1. The summed E-state index contributed by atoms with van der Waals surface area (Å²) in [5, 5.41) is -1.02. The Hall–Kier alpha value is -0.836. The minimum absolute atomic E-state index is 0.0966. The van der Waals surface area contributed by atoms with E-state index in [4.69, 9.17) is 13.6 Å². The van der Waals surface area contributed by atoms with Crippen molar-refractivity contribution < 1.29 is 22.6 Å². The number of nitrogens with zero attached hydrogens (tertiary/aromatic N) is 1. The molecule has 2 saturated heterocycles. The quantitative estimate of drug-likeness (QED) is 0.400. The molecule has 0 amide bonds. The Morgan fingerprint density at radius 1 is 1.00 bits per heavy atom. The summed E-state index contributed by atoms with van der Waals surface area (Å²) in [6.45, 7) is 21.2. The van der Waals surface area contributed by atoms with E-state index in [0.29, 0.717) is 0 Å². The highest BCUT2D eigenvalue weighted by molar-refractivity contribution is 8.76. The van der Waals surface area contributed by atoms with Crippen LogP contribution in [0.3, 0.4) is 0 Å². The third-order valence-electron chi connectivity index (χ3n) is 7.98. The lowest BCUT2D eigenvalue weighted by Crippen LogP contribution is -2.55. The van der Waals surface area contributed by atoms with Gasteiger partial charge in [-0.3, -0.25) is 19.1 Å². The van der Waals surface area contributed by atoms with Gasteiger partial charge >= 0.3 is 5.69 Å². The van der Waals surface area contributed by atoms with Crippen LogP contribution >= 0.6 is 10.8 Å². The van der Waals surface area contributed by atoms with E-state index < -0.39 is 67.5 Å². The molecule has 36 heavy (non-hydrogen) atoms. The van der Waals surface area contributed by atoms with Crippen LogP contribution in [0.5, 0.6) is 0 Å². The number of H-pyrrole nitrogens is 1. The van der Waals surface area contributed by atoms with Gasteiger partial charge in [-0.1, -0.05) is 41.5 Å². The summed E-state index contributed by atoms with van der Waals surface area (Å²) in [7, 11) is -5.49. The van der Waals surface area contributed by atoms with E-state index in [-0.39, 0.29) is 21.6 Å². The minimum Gasteiger partial charge on any atom is -0.408 e. The van der Waals surface area contributed by atoms with Crippen molar-refractivity contribution in [3.63, 3.8) is 0 Å². The maximum Gasteiger partial charge on any atom is 0.330 e. The summed E-state index contributed by atoms with van der Waals surface area (Å²) in [6.07, 6.45) is -1.50. The number of carbonyl (C=O) groups excluding carboxylic acids is 1. The number of nitrogens with one attached hydrogen (secondary N) is 1. The van der Waals surface area contributed by atoms with Crippen LogP contribution in [0.4, 0.5) is 0 Å². The van der Waals surface area contributed by atoms with E-state index >= 15 is 0 Å². The fraction of sp³-hybridized carbons (Fsp3) is 0.783. The first kappa shape index (κ1) is 29.7. The van der Waals surface area contributed by atoms with Crippen molar-refractivity contribution in [1.82, 2.24) is 9.55 Å². The van der Waals surface area contributed by atoms with Gasteiger partial charge < -0.3 is 13.6 Å². The second-order valence-electron chi connectivity index (χ2n) is 12.7. The summed E-state index contributed by atoms with van der Waals surface area (Å²) < 4.78 is 34.6. The number of aromatic nitrogens is 2. The molecule has 0 aromatic carbocycles. The average molecular weight is 577 g/mol. The lowest BCUT2D eigenvalue weighted by molar-refractivity contribution is -0.111. The van der Waals surface area contributed by atoms with Crippen LogP contribution in [0, 0.1) is 0 Å². The monoisotopic (exact) mass is 576 g/mol. The van der Waals surface area contributed by atoms with Crippen molar-refractivity contribution in [2.45, 2.75) is 114 Å². The Balaban J connectivity index is 2.18. The van der Waals surface area contributed by atoms with Gasteiger partial charge in [-0.2, -0.15) is 0 Å². The Labute approximate surface area is 221 Å². The summed E-state index contributed by atoms with van der Waals surface area (Å²) in [4.78, 5) is 39.2. The first-order valence-corrected chi connectivity index (χ1v) is 20.6. The molecule has 2 aliphatic rings. The smallest absolute Gasteiger partial charge is 0.330 e. The molecule has 0 radical (unpaired) electrons. The van der Waals surface area contributed by atoms with Gasteiger partial charge in [-0.15, -0.1) is 0 Å². The van der Waals surface area contributed by atoms with E-state index in [2.05, 4.69) is 72.7 Å². The number of ether oxygens (including phenoxy) is 1. The number of aromatic amines is 1. The average Bonchev–Trinajstić information content (AvgIpc) is 3.19. The van der Waals surface area contributed by atoms with Crippen LogP contribution in [0.1, 0.15) is 54.2 Å². The largest absolute Gasteiger partial charge is 0.408 e. The molecule has 0 aliphatic carbocycles. The molecule has 2 fully saturated rings. The van der Waals surface area contributed by atoms with Crippen molar-refractivity contribution in [2.75, 3.05) is 0 Å². The maximum atomic E-state index is 13.0. The predicted octanol–water partition coefficient (Wildman–Crippen LogP) is 3.91. The van der Waals surface area contributed by atoms with Crippen molar-refractivity contribution in [3.05, 3.63) is 33.1 Å². The normalized spacial score (nSPS) is 30.2. The minimum atomic E-state index is -2.42. The molecule has 1 N–H and O–H groups in total. The van der Waals surface area contributed by atoms with Gasteiger partial charge in [0, 0.05) is 29.5 Å². The Morgan fingerprint density at radius 2 is 1.53 bits per heavy atom. The van der Waals surface area contributed by atoms with Crippen molar-refractivity contribution >= 4 is 42.4 Å². The molecule has 0 bridgehead atoms. The fourth-order valence-corrected chi connectivity index (χ4v) is 9.38. The first-order chi connectivity index (χ1) is 16.2. The number of rotatable bonds is 6. The molecule has 6 atom stereocenters. The summed E-state index contributed by atoms with van der Waals surface area (Å²) >= 11 is 0. The summed E-state index contributed by atoms with van der Waals surface area (Å²) in [6, 6.07) is 1.26. The van der Waals surface area contributed by atoms with Gasteiger partial charge in [0.15, 0.2) is 22.9 Å². The number of hydrogen-bond donors (Lipinski definition) is 1. The van der Waals surface area contributed by atoms with Crippen LogP contribution in [0.2, 0.25) is 36.3 Å². The Kier molecular flexibility index (Phi) is 8.29. The summed E-state index contributed by atoms with van der Waals surface area (Å²) in [5.74, 6) is 0. The van der Waals surface area contributed by atoms with Crippen LogP contribution in [-0.4, -0.2) is 59.1 Å². The van der Waals surface area contributed by atoms with Gasteiger partial charge in [-0.05, 0) is 36.3 Å². The van der Waals surface area contributed by atoms with Gasteiger partial charge in [0.25, 0.3) is 5.56 Å². The molecular formula is C23H40N2O7S2Si2. The molecule has 2 unspecified atom stereocenters. The van der Waals surface area contributed by atoms with Crippen LogP contribution in [-0.2, 0) is 28.2 Å². The van der Waals surface area contributed by atoms with Crippen LogP contribution in [0.15, 0.2) is 21.9 Å². The van der Waals surface area contributed by atoms with E-state index in [9.17, 15) is 18.6 Å². The van der Waals surface area contributed by atoms with Crippen molar-refractivity contribution in [1.29, 1.82) is 0 Å².